The molecule has 0 saturated heterocycles. The van der Waals surface area contributed by atoms with Gasteiger partial charge in [-0.05, 0) is 25.8 Å². The summed E-state index contributed by atoms with van der Waals surface area (Å²) in [6.07, 6.45) is 1.67. The first-order chi connectivity index (χ1) is 8.26. The maximum atomic E-state index is 5.90. The van der Waals surface area contributed by atoms with E-state index in [4.69, 9.17) is 5.73 Å². The minimum absolute atomic E-state index is 0.185. The molecule has 5 nitrogen and oxygen atoms in total. The number of hydrazine groups is 1. The van der Waals surface area contributed by atoms with Crippen LogP contribution in [0.5, 0.6) is 0 Å². The largest absolute Gasteiger partial charge is 0.389 e. The normalized spacial score (nSPS) is 18.5. The summed E-state index contributed by atoms with van der Waals surface area (Å²) in [6, 6.07) is 5.99. The van der Waals surface area contributed by atoms with Gasteiger partial charge in [0, 0.05) is 23.9 Å². The summed E-state index contributed by atoms with van der Waals surface area (Å²) in [6.45, 7) is 6.47. The van der Waals surface area contributed by atoms with Crippen molar-refractivity contribution in [2.24, 2.45) is 10.7 Å². The van der Waals surface area contributed by atoms with Crippen molar-refractivity contribution < 1.29 is 0 Å². The standard InChI is InChI=1S/C12H17N5/c1-3-15-7-11(14-2)8-4-5-10-9(6-8)12(13)17-16-10/h4-7,12,15-17H,2-3,13H2,1H3/b11-7-. The summed E-state index contributed by atoms with van der Waals surface area (Å²) in [4.78, 5) is 4.01. The molecule has 1 unspecified atom stereocenters. The predicted molar refractivity (Wildman–Crippen MR) is 71.3 cm³/mol. The fourth-order valence-electron chi connectivity index (χ4n) is 1.75. The van der Waals surface area contributed by atoms with Crippen molar-refractivity contribution in [3.63, 3.8) is 0 Å². The first-order valence-electron chi connectivity index (χ1n) is 5.58. The quantitative estimate of drug-likeness (QED) is 0.587. The van der Waals surface area contributed by atoms with E-state index in [9.17, 15) is 0 Å². The van der Waals surface area contributed by atoms with Gasteiger partial charge in [-0.2, -0.15) is 0 Å². The molecule has 0 aromatic heterocycles. The first kappa shape index (κ1) is 11.6. The van der Waals surface area contributed by atoms with Gasteiger partial charge in [0.2, 0.25) is 0 Å². The van der Waals surface area contributed by atoms with Crippen LogP contribution in [0.3, 0.4) is 0 Å². The van der Waals surface area contributed by atoms with E-state index in [2.05, 4.69) is 27.9 Å². The van der Waals surface area contributed by atoms with Gasteiger partial charge in [-0.3, -0.25) is 4.99 Å². The van der Waals surface area contributed by atoms with E-state index < -0.39 is 0 Å². The molecule has 5 heteroatoms. The number of nitrogens with zero attached hydrogens (tertiary/aromatic N) is 1. The van der Waals surface area contributed by atoms with E-state index >= 15 is 0 Å². The van der Waals surface area contributed by atoms with E-state index in [0.29, 0.717) is 0 Å². The monoisotopic (exact) mass is 231 g/mol. The molecule has 1 aromatic rings. The van der Waals surface area contributed by atoms with Gasteiger partial charge in [-0.15, -0.1) is 0 Å². The molecule has 0 fully saturated rings. The van der Waals surface area contributed by atoms with E-state index in [-0.39, 0.29) is 6.17 Å². The third-order valence-electron chi connectivity index (χ3n) is 2.66. The lowest BCUT2D eigenvalue weighted by Crippen LogP contribution is -2.25. The average molecular weight is 231 g/mol. The van der Waals surface area contributed by atoms with Gasteiger partial charge < -0.3 is 16.5 Å². The molecule has 17 heavy (non-hydrogen) atoms. The number of nitrogens with two attached hydrogens (primary N) is 1. The molecule has 0 spiro atoms. The van der Waals surface area contributed by atoms with Crippen LogP contribution in [0.4, 0.5) is 5.69 Å². The Morgan fingerprint density at radius 3 is 3.18 bits per heavy atom. The van der Waals surface area contributed by atoms with Crippen molar-refractivity contribution >= 4 is 18.1 Å². The molecule has 1 aliphatic heterocycles. The second-order valence-corrected chi connectivity index (χ2v) is 3.79. The molecule has 5 N–H and O–H groups in total. The molecule has 0 amide bonds. The topological polar surface area (TPSA) is 74.5 Å². The Hall–Kier alpha value is -1.85. The predicted octanol–water partition coefficient (Wildman–Crippen LogP) is 1.18. The fourth-order valence-corrected chi connectivity index (χ4v) is 1.75. The number of benzene rings is 1. The Kier molecular flexibility index (Phi) is 3.41. The third-order valence-corrected chi connectivity index (χ3v) is 2.66. The van der Waals surface area contributed by atoms with Gasteiger partial charge in [0.05, 0.1) is 11.4 Å². The molecular weight excluding hydrogens is 214 g/mol. The molecular formula is C12H17N5. The molecule has 0 bridgehead atoms. The van der Waals surface area contributed by atoms with Gasteiger partial charge in [-0.1, -0.05) is 6.07 Å². The zero-order valence-corrected chi connectivity index (χ0v) is 9.83. The second kappa shape index (κ2) is 4.99. The van der Waals surface area contributed by atoms with Crippen LogP contribution >= 0.6 is 0 Å². The number of aliphatic imine (C=N–C) groups is 1. The average Bonchev–Trinajstić information content (AvgIpc) is 2.72. The van der Waals surface area contributed by atoms with Crippen LogP contribution in [-0.2, 0) is 0 Å². The van der Waals surface area contributed by atoms with Crippen LogP contribution in [0, 0.1) is 0 Å². The number of nitrogens with one attached hydrogen (secondary N) is 3. The SMILES string of the molecule is C=N/C(=C\NCC)c1ccc2c(c1)C(N)NN2. The highest BCUT2D eigenvalue weighted by atomic mass is 15.4. The van der Waals surface area contributed by atoms with Crippen molar-refractivity contribution in [1.82, 2.24) is 10.7 Å². The van der Waals surface area contributed by atoms with Gasteiger partial charge in [0.15, 0.2) is 0 Å². The lowest BCUT2D eigenvalue weighted by Gasteiger charge is -2.07. The van der Waals surface area contributed by atoms with Crippen molar-refractivity contribution in [2.45, 2.75) is 13.1 Å². The molecule has 1 heterocycles. The third kappa shape index (κ3) is 2.30. The van der Waals surface area contributed by atoms with Gasteiger partial charge in [0.25, 0.3) is 0 Å². The minimum atomic E-state index is -0.185. The van der Waals surface area contributed by atoms with Crippen LogP contribution in [0.15, 0.2) is 29.4 Å². The zero-order valence-electron chi connectivity index (χ0n) is 9.83. The van der Waals surface area contributed by atoms with Gasteiger partial charge in [-0.25, -0.2) is 5.43 Å². The van der Waals surface area contributed by atoms with Crippen LogP contribution in [-0.4, -0.2) is 13.3 Å². The Labute approximate surface area is 101 Å². The van der Waals surface area contributed by atoms with Gasteiger partial charge >= 0.3 is 0 Å². The van der Waals surface area contributed by atoms with E-state index in [0.717, 1.165) is 29.1 Å². The van der Waals surface area contributed by atoms with Crippen molar-refractivity contribution in [3.8, 4) is 0 Å². The first-order valence-corrected chi connectivity index (χ1v) is 5.58. The summed E-state index contributed by atoms with van der Waals surface area (Å²) < 4.78 is 0. The second-order valence-electron chi connectivity index (χ2n) is 3.79. The molecule has 1 aliphatic rings. The summed E-state index contributed by atoms with van der Waals surface area (Å²) in [5.74, 6) is 0. The van der Waals surface area contributed by atoms with Crippen LogP contribution in [0.25, 0.3) is 5.70 Å². The summed E-state index contributed by atoms with van der Waals surface area (Å²) in [7, 11) is 0. The summed E-state index contributed by atoms with van der Waals surface area (Å²) in [5, 5.41) is 3.12. The van der Waals surface area contributed by atoms with Crippen LogP contribution in [0.1, 0.15) is 24.2 Å². The molecule has 0 saturated carbocycles. The van der Waals surface area contributed by atoms with E-state index in [1.165, 1.54) is 0 Å². The lowest BCUT2D eigenvalue weighted by atomic mass is 10.1. The molecule has 0 radical (unpaired) electrons. The van der Waals surface area contributed by atoms with Crippen LogP contribution in [0.2, 0.25) is 0 Å². The smallest absolute Gasteiger partial charge is 0.100 e. The highest BCUT2D eigenvalue weighted by Gasteiger charge is 2.18. The molecule has 90 valence electrons. The van der Waals surface area contributed by atoms with Crippen molar-refractivity contribution in [2.75, 3.05) is 12.0 Å². The number of hydrogen-bond donors (Lipinski definition) is 4. The van der Waals surface area contributed by atoms with Gasteiger partial charge in [0.1, 0.15) is 6.17 Å². The number of hydrogen-bond acceptors (Lipinski definition) is 5. The summed E-state index contributed by atoms with van der Waals surface area (Å²) >= 11 is 0. The highest BCUT2D eigenvalue weighted by molar-refractivity contribution is 5.71. The zero-order chi connectivity index (χ0) is 12.3. The number of fused-ring (bicyclic) bond motifs is 1. The lowest BCUT2D eigenvalue weighted by molar-refractivity contribution is 0.655. The maximum Gasteiger partial charge on any atom is 0.100 e. The molecule has 1 aromatic carbocycles. The number of anilines is 1. The highest BCUT2D eigenvalue weighted by Crippen LogP contribution is 2.28. The maximum absolute atomic E-state index is 5.90. The van der Waals surface area contributed by atoms with Crippen LogP contribution < -0.4 is 21.9 Å². The minimum Gasteiger partial charge on any atom is -0.389 e. The fraction of sp³-hybridized carbons (Fsp3) is 0.250. The van der Waals surface area contributed by atoms with Crippen molar-refractivity contribution in [1.29, 1.82) is 0 Å². The Balaban J connectivity index is 2.33. The Morgan fingerprint density at radius 1 is 1.65 bits per heavy atom. The van der Waals surface area contributed by atoms with E-state index in [1.807, 2.05) is 31.3 Å². The van der Waals surface area contributed by atoms with Crippen molar-refractivity contribution in [3.05, 3.63) is 35.5 Å². The molecule has 0 aliphatic carbocycles. The Morgan fingerprint density at radius 2 is 2.47 bits per heavy atom. The number of rotatable bonds is 4. The molecule has 1 atom stereocenters. The Bertz CT molecular complexity index is 452. The van der Waals surface area contributed by atoms with E-state index in [1.54, 1.807) is 0 Å². The summed E-state index contributed by atoms with van der Waals surface area (Å²) in [5.41, 5.74) is 15.7. The molecule has 2 rings (SSSR count).